The van der Waals surface area contributed by atoms with E-state index < -0.39 is 28.5 Å². The predicted molar refractivity (Wildman–Crippen MR) is 158 cm³/mol. The molecule has 8 nitrogen and oxygen atoms in total. The molecule has 2 amide bonds. The first-order valence-electron chi connectivity index (χ1n) is 13.4. The van der Waals surface area contributed by atoms with Gasteiger partial charge in [-0.3, -0.25) is 13.9 Å². The molecule has 0 saturated heterocycles. The minimum Gasteiger partial charge on any atom is -0.497 e. The standard InChI is InChI=1S/C31H39N3O5S/c1-6-25-15-17-27(18-16-25)34(40(37,38)29-13-8-7-9-14-29)22-30(35)33(24(4)31(36)32-20-23(2)3)21-26-11-10-12-28(19-26)39-5/h7-19,23-24H,6,20-22H2,1-5H3,(H,32,36)/t24-/m1/s1. The Kier molecular flexibility index (Phi) is 10.7. The van der Waals surface area contributed by atoms with Crippen LogP contribution in [0.5, 0.6) is 5.75 Å². The minimum absolute atomic E-state index is 0.0736. The van der Waals surface area contributed by atoms with Crippen molar-refractivity contribution in [2.45, 2.75) is 51.6 Å². The van der Waals surface area contributed by atoms with Crippen molar-refractivity contribution < 1.29 is 22.7 Å². The molecule has 9 heteroatoms. The average Bonchev–Trinajstić information content (AvgIpc) is 2.97. The van der Waals surface area contributed by atoms with E-state index in [1.165, 1.54) is 17.0 Å². The lowest BCUT2D eigenvalue weighted by Gasteiger charge is -2.32. The number of hydrogen-bond acceptors (Lipinski definition) is 5. The smallest absolute Gasteiger partial charge is 0.264 e. The molecule has 0 spiro atoms. The summed E-state index contributed by atoms with van der Waals surface area (Å²) >= 11 is 0. The van der Waals surface area contributed by atoms with Crippen molar-refractivity contribution in [2.24, 2.45) is 5.92 Å². The molecule has 0 fully saturated rings. The van der Waals surface area contributed by atoms with Crippen LogP contribution in [0.1, 0.15) is 38.8 Å². The first-order chi connectivity index (χ1) is 19.1. The van der Waals surface area contributed by atoms with Gasteiger partial charge in [-0.15, -0.1) is 0 Å². The number of methoxy groups -OCH3 is 1. The Hall–Kier alpha value is -3.85. The average molecular weight is 566 g/mol. The van der Waals surface area contributed by atoms with Crippen molar-refractivity contribution in [1.82, 2.24) is 10.2 Å². The molecule has 40 heavy (non-hydrogen) atoms. The van der Waals surface area contributed by atoms with Gasteiger partial charge in [0, 0.05) is 13.1 Å². The van der Waals surface area contributed by atoms with E-state index in [4.69, 9.17) is 4.74 Å². The number of ether oxygens (including phenoxy) is 1. The second kappa shape index (κ2) is 14.0. The molecule has 214 valence electrons. The molecule has 0 aliphatic carbocycles. The molecule has 3 rings (SSSR count). The van der Waals surface area contributed by atoms with Crippen LogP contribution in [0.15, 0.2) is 83.8 Å². The SMILES string of the molecule is CCc1ccc(N(CC(=O)N(Cc2cccc(OC)c2)[C@H](C)C(=O)NCC(C)C)S(=O)(=O)c2ccccc2)cc1. The molecule has 3 aromatic carbocycles. The quantitative estimate of drug-likeness (QED) is 0.326. The molecular weight excluding hydrogens is 526 g/mol. The normalized spacial score (nSPS) is 12.1. The Balaban J connectivity index is 2.01. The fraction of sp³-hybridized carbons (Fsp3) is 0.355. The zero-order valence-corrected chi connectivity index (χ0v) is 24.6. The summed E-state index contributed by atoms with van der Waals surface area (Å²) in [6.45, 7) is 7.72. The minimum atomic E-state index is -4.09. The van der Waals surface area contributed by atoms with Crippen molar-refractivity contribution in [2.75, 3.05) is 24.5 Å². The van der Waals surface area contributed by atoms with Crippen LogP contribution in [-0.4, -0.2) is 51.4 Å². The summed E-state index contributed by atoms with van der Waals surface area (Å²) < 4.78 is 34.1. The monoisotopic (exact) mass is 565 g/mol. The van der Waals surface area contributed by atoms with Crippen molar-refractivity contribution >= 4 is 27.5 Å². The molecule has 0 aromatic heterocycles. The number of nitrogens with zero attached hydrogens (tertiary/aromatic N) is 2. The molecule has 3 aromatic rings. The molecule has 0 unspecified atom stereocenters. The van der Waals surface area contributed by atoms with Crippen LogP contribution in [-0.2, 0) is 32.6 Å². The zero-order chi connectivity index (χ0) is 29.3. The summed E-state index contributed by atoms with van der Waals surface area (Å²) in [5.41, 5.74) is 2.16. The van der Waals surface area contributed by atoms with Crippen LogP contribution < -0.4 is 14.4 Å². The van der Waals surface area contributed by atoms with Gasteiger partial charge in [0.25, 0.3) is 10.0 Å². The number of rotatable bonds is 13. The van der Waals surface area contributed by atoms with Crippen LogP contribution in [0, 0.1) is 5.92 Å². The van der Waals surface area contributed by atoms with Gasteiger partial charge in [-0.25, -0.2) is 8.42 Å². The van der Waals surface area contributed by atoms with Gasteiger partial charge in [-0.05, 0) is 66.8 Å². The molecule has 0 heterocycles. The highest BCUT2D eigenvalue weighted by molar-refractivity contribution is 7.92. The lowest BCUT2D eigenvalue weighted by molar-refractivity contribution is -0.139. The number of sulfonamides is 1. The molecule has 1 atom stereocenters. The number of anilines is 1. The maximum atomic E-state index is 14.0. The number of aryl methyl sites for hydroxylation is 1. The van der Waals surface area contributed by atoms with E-state index in [-0.39, 0.29) is 23.3 Å². The summed E-state index contributed by atoms with van der Waals surface area (Å²) in [4.78, 5) is 28.6. The van der Waals surface area contributed by atoms with E-state index >= 15 is 0 Å². The van der Waals surface area contributed by atoms with Crippen molar-refractivity contribution in [3.05, 3.63) is 90.0 Å². The van der Waals surface area contributed by atoms with Gasteiger partial charge >= 0.3 is 0 Å². The van der Waals surface area contributed by atoms with Gasteiger partial charge in [-0.1, -0.05) is 63.2 Å². The lowest BCUT2D eigenvalue weighted by atomic mass is 10.1. The third kappa shape index (κ3) is 7.85. The van der Waals surface area contributed by atoms with Crippen molar-refractivity contribution in [3.63, 3.8) is 0 Å². The number of benzene rings is 3. The van der Waals surface area contributed by atoms with E-state index in [1.807, 2.05) is 45.0 Å². The molecule has 0 aliphatic heterocycles. The highest BCUT2D eigenvalue weighted by Crippen LogP contribution is 2.25. The summed E-state index contributed by atoms with van der Waals surface area (Å²) in [5, 5.41) is 2.89. The first-order valence-corrected chi connectivity index (χ1v) is 14.9. The van der Waals surface area contributed by atoms with Crippen molar-refractivity contribution in [3.8, 4) is 5.75 Å². The second-order valence-electron chi connectivity index (χ2n) is 10.0. The van der Waals surface area contributed by atoms with Crippen LogP contribution >= 0.6 is 0 Å². The molecule has 1 N–H and O–H groups in total. The summed E-state index contributed by atoms with van der Waals surface area (Å²) in [7, 11) is -2.53. The zero-order valence-electron chi connectivity index (χ0n) is 23.8. The van der Waals surface area contributed by atoms with Gasteiger partial charge in [0.15, 0.2) is 0 Å². The van der Waals surface area contributed by atoms with Gasteiger partial charge in [0.05, 0.1) is 17.7 Å². The highest BCUT2D eigenvalue weighted by Gasteiger charge is 2.32. The van der Waals surface area contributed by atoms with Crippen LogP contribution in [0.2, 0.25) is 0 Å². The van der Waals surface area contributed by atoms with Gasteiger partial charge < -0.3 is 15.0 Å². The fourth-order valence-electron chi connectivity index (χ4n) is 4.15. The molecule has 0 radical (unpaired) electrons. The van der Waals surface area contributed by atoms with E-state index in [2.05, 4.69) is 5.32 Å². The Morgan fingerprint density at radius 1 is 0.900 bits per heavy atom. The second-order valence-corrected chi connectivity index (χ2v) is 11.9. The number of carbonyl (C=O) groups is 2. The largest absolute Gasteiger partial charge is 0.497 e. The lowest BCUT2D eigenvalue weighted by Crippen LogP contribution is -2.51. The van der Waals surface area contributed by atoms with E-state index in [0.717, 1.165) is 21.9 Å². The Labute approximate surface area is 238 Å². The number of amides is 2. The van der Waals surface area contributed by atoms with E-state index in [0.29, 0.717) is 18.0 Å². The van der Waals surface area contributed by atoms with Gasteiger partial charge in [-0.2, -0.15) is 0 Å². The Bertz CT molecular complexity index is 1380. The topological polar surface area (TPSA) is 96.0 Å². The number of nitrogens with one attached hydrogen (secondary N) is 1. The predicted octanol–water partition coefficient (Wildman–Crippen LogP) is 4.64. The molecule has 0 aliphatic rings. The molecule has 0 saturated carbocycles. The third-order valence-electron chi connectivity index (χ3n) is 6.58. The Morgan fingerprint density at radius 3 is 2.17 bits per heavy atom. The van der Waals surface area contributed by atoms with E-state index in [9.17, 15) is 18.0 Å². The van der Waals surface area contributed by atoms with Crippen LogP contribution in [0.4, 0.5) is 5.69 Å². The molecule has 0 bridgehead atoms. The maximum absolute atomic E-state index is 14.0. The first kappa shape index (κ1) is 30.7. The van der Waals surface area contributed by atoms with Crippen molar-refractivity contribution in [1.29, 1.82) is 0 Å². The number of carbonyl (C=O) groups excluding carboxylic acids is 2. The van der Waals surface area contributed by atoms with Crippen LogP contribution in [0.25, 0.3) is 0 Å². The molecular formula is C31H39N3O5S. The Morgan fingerprint density at radius 2 is 1.57 bits per heavy atom. The third-order valence-corrected chi connectivity index (χ3v) is 8.37. The summed E-state index contributed by atoms with van der Waals surface area (Å²) in [6.07, 6.45) is 0.794. The van der Waals surface area contributed by atoms with E-state index in [1.54, 1.807) is 56.5 Å². The van der Waals surface area contributed by atoms with Gasteiger partial charge in [0.2, 0.25) is 11.8 Å². The summed E-state index contributed by atoms with van der Waals surface area (Å²) in [6, 6.07) is 21.5. The summed E-state index contributed by atoms with van der Waals surface area (Å²) in [5.74, 6) is 0.0335. The maximum Gasteiger partial charge on any atom is 0.264 e. The highest BCUT2D eigenvalue weighted by atomic mass is 32.2. The van der Waals surface area contributed by atoms with Crippen LogP contribution in [0.3, 0.4) is 0 Å². The number of hydrogen-bond donors (Lipinski definition) is 1. The fourth-order valence-corrected chi connectivity index (χ4v) is 5.58. The van der Waals surface area contributed by atoms with Gasteiger partial charge in [0.1, 0.15) is 18.3 Å².